The third-order valence-corrected chi connectivity index (χ3v) is 5.39. The molecule has 8 nitrogen and oxygen atoms in total. The Kier molecular flexibility index (Phi) is 9.76. The van der Waals surface area contributed by atoms with E-state index in [-0.39, 0.29) is 26.1 Å². The fourth-order valence-electron chi connectivity index (χ4n) is 3.30. The number of benzene rings is 3. The lowest BCUT2D eigenvalue weighted by molar-refractivity contribution is -0.148. The maximum atomic E-state index is 12.8. The van der Waals surface area contributed by atoms with Crippen LogP contribution in [0, 0.1) is 0 Å². The first-order chi connectivity index (χ1) is 17.5. The number of hydrogen-bond donors (Lipinski definition) is 1. The average molecular weight is 489 g/mol. The topological polar surface area (TPSA) is 102 Å². The maximum absolute atomic E-state index is 12.8. The summed E-state index contributed by atoms with van der Waals surface area (Å²) in [6.45, 7) is 0.161. The largest absolute Gasteiger partial charge is 0.461 e. The molecule has 0 heterocycles. The summed E-state index contributed by atoms with van der Waals surface area (Å²) in [7, 11) is 1.59. The molecule has 0 aliphatic carbocycles. The van der Waals surface area contributed by atoms with Crippen LogP contribution in [0.1, 0.15) is 34.3 Å². The number of carbonyl (C=O) groups excluding carboxylic acids is 4. The summed E-state index contributed by atoms with van der Waals surface area (Å²) in [5.74, 6) is -1.65. The number of carbonyl (C=O) groups is 4. The minimum atomic E-state index is -1.05. The maximum Gasteiger partial charge on any atom is 0.328 e. The highest BCUT2D eigenvalue weighted by molar-refractivity contribution is 5.97. The van der Waals surface area contributed by atoms with Gasteiger partial charge in [0, 0.05) is 24.7 Å². The van der Waals surface area contributed by atoms with Crippen LogP contribution in [0.4, 0.5) is 5.69 Å². The van der Waals surface area contributed by atoms with Crippen molar-refractivity contribution in [2.24, 2.45) is 0 Å². The van der Waals surface area contributed by atoms with Crippen LogP contribution in [0.5, 0.6) is 0 Å². The third kappa shape index (κ3) is 8.09. The Bertz CT molecular complexity index is 1150. The molecule has 0 radical (unpaired) electrons. The van der Waals surface area contributed by atoms with Crippen LogP contribution in [0.2, 0.25) is 0 Å². The quantitative estimate of drug-likeness (QED) is 0.309. The van der Waals surface area contributed by atoms with Crippen molar-refractivity contribution in [2.45, 2.75) is 32.1 Å². The lowest BCUT2D eigenvalue weighted by atomic mass is 10.1. The Labute approximate surface area is 209 Å². The molecule has 3 aromatic carbocycles. The van der Waals surface area contributed by atoms with E-state index >= 15 is 0 Å². The summed E-state index contributed by atoms with van der Waals surface area (Å²) in [6.07, 6.45) is 0.588. The van der Waals surface area contributed by atoms with Crippen molar-refractivity contribution < 1.29 is 28.7 Å². The first-order valence-electron chi connectivity index (χ1n) is 11.5. The first kappa shape index (κ1) is 26.2. The fourth-order valence-corrected chi connectivity index (χ4v) is 3.30. The number of ether oxygens (including phenoxy) is 2. The molecule has 0 saturated heterocycles. The summed E-state index contributed by atoms with van der Waals surface area (Å²) in [6, 6.07) is 23.7. The van der Waals surface area contributed by atoms with Crippen LogP contribution in [-0.2, 0) is 37.1 Å². The summed E-state index contributed by atoms with van der Waals surface area (Å²) >= 11 is 0. The predicted molar refractivity (Wildman–Crippen MR) is 134 cm³/mol. The molecule has 186 valence electrons. The molecule has 0 aliphatic rings. The molecular formula is C28H28N2O6. The number of rotatable bonds is 12. The molecule has 8 heteroatoms. The lowest BCUT2D eigenvalue weighted by Crippen LogP contribution is -2.42. The van der Waals surface area contributed by atoms with E-state index in [0.717, 1.165) is 11.1 Å². The number of amides is 2. The Balaban J connectivity index is 1.62. The molecule has 3 aromatic rings. The molecular weight excluding hydrogens is 460 g/mol. The van der Waals surface area contributed by atoms with E-state index in [1.165, 1.54) is 4.90 Å². The van der Waals surface area contributed by atoms with Crippen LogP contribution < -0.4 is 10.2 Å². The predicted octanol–water partition coefficient (Wildman–Crippen LogP) is 3.64. The number of esters is 2. The molecule has 36 heavy (non-hydrogen) atoms. The van der Waals surface area contributed by atoms with Gasteiger partial charge in [0.1, 0.15) is 19.3 Å². The number of anilines is 1. The van der Waals surface area contributed by atoms with Crippen LogP contribution in [0.25, 0.3) is 0 Å². The standard InChI is InChI=1S/C28H28N2O6/c1-30(20-31)24-14-12-23(13-15-24)27(33)29-25(28(34)36-19-22-10-6-3-7-11-22)16-17-26(32)35-18-21-8-4-2-5-9-21/h2-15,20,25H,16-19H2,1H3,(H,29,33). The summed E-state index contributed by atoms with van der Waals surface area (Å²) in [5, 5.41) is 2.66. The summed E-state index contributed by atoms with van der Waals surface area (Å²) in [4.78, 5) is 50.2. The second kappa shape index (κ2) is 13.4. The van der Waals surface area contributed by atoms with E-state index in [1.807, 2.05) is 60.7 Å². The molecule has 3 rings (SSSR count). The fraction of sp³-hybridized carbons (Fsp3) is 0.214. The van der Waals surface area contributed by atoms with Crippen molar-refractivity contribution in [3.8, 4) is 0 Å². The molecule has 0 aromatic heterocycles. The van der Waals surface area contributed by atoms with Crippen molar-refractivity contribution in [1.29, 1.82) is 0 Å². The molecule has 1 N–H and O–H groups in total. The minimum Gasteiger partial charge on any atom is -0.461 e. The van der Waals surface area contributed by atoms with Gasteiger partial charge in [-0.3, -0.25) is 14.4 Å². The Morgan fingerprint density at radius 1 is 0.833 bits per heavy atom. The van der Waals surface area contributed by atoms with Gasteiger partial charge in [0.25, 0.3) is 5.91 Å². The van der Waals surface area contributed by atoms with Gasteiger partial charge < -0.3 is 19.7 Å². The number of nitrogens with one attached hydrogen (secondary N) is 1. The van der Waals surface area contributed by atoms with Gasteiger partial charge in [-0.15, -0.1) is 0 Å². The van der Waals surface area contributed by atoms with E-state index in [0.29, 0.717) is 17.7 Å². The van der Waals surface area contributed by atoms with Crippen molar-refractivity contribution in [1.82, 2.24) is 5.32 Å². The van der Waals surface area contributed by atoms with Crippen molar-refractivity contribution >= 4 is 29.9 Å². The van der Waals surface area contributed by atoms with E-state index in [4.69, 9.17) is 9.47 Å². The van der Waals surface area contributed by atoms with Gasteiger partial charge in [-0.25, -0.2) is 4.79 Å². The van der Waals surface area contributed by atoms with Gasteiger partial charge in [-0.2, -0.15) is 0 Å². The van der Waals surface area contributed by atoms with E-state index < -0.39 is 23.9 Å². The second-order valence-corrected chi connectivity index (χ2v) is 8.07. The van der Waals surface area contributed by atoms with Crippen molar-refractivity contribution in [3.63, 3.8) is 0 Å². The van der Waals surface area contributed by atoms with Gasteiger partial charge >= 0.3 is 11.9 Å². The average Bonchev–Trinajstić information content (AvgIpc) is 2.93. The highest BCUT2D eigenvalue weighted by atomic mass is 16.5. The summed E-state index contributed by atoms with van der Waals surface area (Å²) < 4.78 is 10.7. The smallest absolute Gasteiger partial charge is 0.328 e. The Hall–Kier alpha value is -4.46. The molecule has 2 amide bonds. The van der Waals surface area contributed by atoms with Crippen LogP contribution in [0.3, 0.4) is 0 Å². The van der Waals surface area contributed by atoms with E-state index in [1.54, 1.807) is 31.3 Å². The zero-order valence-electron chi connectivity index (χ0n) is 20.0. The van der Waals surface area contributed by atoms with Gasteiger partial charge in [0.05, 0.1) is 0 Å². The van der Waals surface area contributed by atoms with Gasteiger partial charge in [-0.05, 0) is 41.8 Å². The van der Waals surface area contributed by atoms with Crippen LogP contribution in [-0.4, -0.2) is 37.3 Å². The second-order valence-electron chi connectivity index (χ2n) is 8.07. The molecule has 0 spiro atoms. The molecule has 0 aliphatic heterocycles. The monoisotopic (exact) mass is 488 g/mol. The zero-order chi connectivity index (χ0) is 25.8. The Morgan fingerprint density at radius 3 is 1.94 bits per heavy atom. The van der Waals surface area contributed by atoms with Crippen LogP contribution in [0.15, 0.2) is 84.9 Å². The minimum absolute atomic E-state index is 0.0128. The number of nitrogens with zero attached hydrogens (tertiary/aromatic N) is 1. The molecule has 0 fully saturated rings. The molecule has 0 bridgehead atoms. The van der Waals surface area contributed by atoms with E-state index in [9.17, 15) is 19.2 Å². The Morgan fingerprint density at radius 2 is 1.39 bits per heavy atom. The van der Waals surface area contributed by atoms with Crippen molar-refractivity contribution in [3.05, 3.63) is 102 Å². The lowest BCUT2D eigenvalue weighted by Gasteiger charge is -2.18. The first-order valence-corrected chi connectivity index (χ1v) is 11.5. The molecule has 0 saturated carbocycles. The molecule has 1 atom stereocenters. The highest BCUT2D eigenvalue weighted by Gasteiger charge is 2.24. The van der Waals surface area contributed by atoms with Gasteiger partial charge in [-0.1, -0.05) is 60.7 Å². The highest BCUT2D eigenvalue weighted by Crippen LogP contribution is 2.14. The van der Waals surface area contributed by atoms with Crippen LogP contribution >= 0.6 is 0 Å². The van der Waals surface area contributed by atoms with Gasteiger partial charge in [0.2, 0.25) is 6.41 Å². The third-order valence-electron chi connectivity index (χ3n) is 5.39. The van der Waals surface area contributed by atoms with E-state index in [2.05, 4.69) is 5.32 Å². The summed E-state index contributed by atoms with van der Waals surface area (Å²) in [5.41, 5.74) is 2.56. The van der Waals surface area contributed by atoms with Gasteiger partial charge in [0.15, 0.2) is 0 Å². The normalized spacial score (nSPS) is 11.1. The van der Waals surface area contributed by atoms with Crippen molar-refractivity contribution in [2.75, 3.05) is 11.9 Å². The number of hydrogen-bond acceptors (Lipinski definition) is 6. The zero-order valence-corrected chi connectivity index (χ0v) is 20.0. The molecule has 1 unspecified atom stereocenters. The SMILES string of the molecule is CN(C=O)c1ccc(C(=O)NC(CCC(=O)OCc2ccccc2)C(=O)OCc2ccccc2)cc1.